The van der Waals surface area contributed by atoms with Gasteiger partial charge < -0.3 is 77.4 Å². The SMILES string of the molecule is CN(c1nc(-c2ccccc2O)nc2ccccc12)[C@H]1CCNC1.Cc1ccc(O)c(-c2nc(N(C)[C@H]3CCNC3)c3ccccc3n2)c1.Cc1ccc(O)c(-c2nc(N(C)[C@H]3CCNC3)c3ccccc3n2)c1.Cc1ccc(O)c(-c2nc(N[C@H]3CCNC3)c3ccccc3n2)c1.Cc1ccc(O)c(-c2nc(N[C@H]3CCNC3)c3ccccc3n2)c1. The van der Waals surface area contributed by atoms with Crippen molar-refractivity contribution in [2.45, 2.75) is 90.0 Å². The van der Waals surface area contributed by atoms with Gasteiger partial charge in [-0.3, -0.25) is 0 Å². The third-order valence-corrected chi connectivity index (χ3v) is 23.2. The Kier molecular flexibility index (Phi) is 25.4. The first-order valence-electron chi connectivity index (χ1n) is 42.0. The molecular formula is C97H104N20O5. The van der Waals surface area contributed by atoms with Gasteiger partial charge in [0.1, 0.15) is 57.8 Å². The molecule has 0 radical (unpaired) electrons. The van der Waals surface area contributed by atoms with E-state index in [0.29, 0.717) is 87.1 Å². The predicted molar refractivity (Wildman–Crippen MR) is 491 cm³/mol. The molecule has 0 aliphatic carbocycles. The lowest BCUT2D eigenvalue weighted by molar-refractivity contribution is 0.476. The van der Waals surface area contributed by atoms with Gasteiger partial charge in [0.2, 0.25) is 0 Å². The Bertz CT molecular complexity index is 5930. The second kappa shape index (κ2) is 37.6. The number of phenolic OH excluding ortho intramolecular Hbond substituents is 5. The van der Waals surface area contributed by atoms with Gasteiger partial charge in [0, 0.05) is 111 Å². The maximum Gasteiger partial charge on any atom is 0.165 e. The van der Waals surface area contributed by atoms with Crippen molar-refractivity contribution in [3.63, 3.8) is 0 Å². The van der Waals surface area contributed by atoms with Crippen LogP contribution in [0.15, 0.2) is 218 Å². The highest BCUT2D eigenvalue weighted by atomic mass is 16.3. The summed E-state index contributed by atoms with van der Waals surface area (Å²) in [7, 11) is 6.26. The molecule has 0 bridgehead atoms. The topological polar surface area (TPSA) is 324 Å². The molecule has 5 aliphatic heterocycles. The zero-order valence-electron chi connectivity index (χ0n) is 69.8. The molecule has 12 N–H and O–H groups in total. The Morgan fingerprint density at radius 3 is 0.820 bits per heavy atom. The van der Waals surface area contributed by atoms with Crippen LogP contribution in [0.5, 0.6) is 28.7 Å². The van der Waals surface area contributed by atoms with Gasteiger partial charge in [-0.25, -0.2) is 49.8 Å². The molecule has 0 unspecified atom stereocenters. The summed E-state index contributed by atoms with van der Waals surface area (Å²) in [6.45, 7) is 17.9. The van der Waals surface area contributed by atoms with Crippen LogP contribution in [0.2, 0.25) is 0 Å². The molecule has 0 amide bonds. The molecule has 20 rings (SSSR count). The fourth-order valence-corrected chi connectivity index (χ4v) is 16.3. The molecule has 25 nitrogen and oxygen atoms in total. The number of nitrogens with one attached hydrogen (secondary N) is 7. The molecule has 0 saturated carbocycles. The van der Waals surface area contributed by atoms with E-state index in [2.05, 4.69) is 106 Å². The van der Waals surface area contributed by atoms with Crippen LogP contribution in [0.1, 0.15) is 54.4 Å². The van der Waals surface area contributed by atoms with Crippen molar-refractivity contribution in [1.29, 1.82) is 0 Å². The summed E-state index contributed by atoms with van der Waals surface area (Å²) >= 11 is 0. The van der Waals surface area contributed by atoms with E-state index < -0.39 is 0 Å². The number of aromatic nitrogens is 10. The van der Waals surface area contributed by atoms with Crippen molar-refractivity contribution in [3.05, 3.63) is 241 Å². The first kappa shape index (κ1) is 82.4. The number of aromatic hydroxyl groups is 5. The Labute approximate surface area is 709 Å². The lowest BCUT2D eigenvalue weighted by Gasteiger charge is -2.26. The molecule has 5 saturated heterocycles. The van der Waals surface area contributed by atoms with Gasteiger partial charge in [-0.05, 0) is 214 Å². The molecule has 0 spiro atoms. The number of para-hydroxylation sites is 6. The van der Waals surface area contributed by atoms with Crippen LogP contribution in [0, 0.1) is 27.7 Å². The van der Waals surface area contributed by atoms with Crippen molar-refractivity contribution in [3.8, 4) is 85.7 Å². The predicted octanol–water partition coefficient (Wildman–Crippen LogP) is 15.2. The molecule has 122 heavy (non-hydrogen) atoms. The molecule has 5 atom stereocenters. The monoisotopic (exact) mass is 1630 g/mol. The van der Waals surface area contributed by atoms with Crippen LogP contribution in [0.3, 0.4) is 0 Å². The van der Waals surface area contributed by atoms with Gasteiger partial charge in [-0.15, -0.1) is 0 Å². The number of fused-ring (bicyclic) bond motifs is 5. The average Bonchev–Trinajstić information content (AvgIpc) is 1.11. The highest BCUT2D eigenvalue weighted by Gasteiger charge is 2.29. The van der Waals surface area contributed by atoms with E-state index in [1.807, 2.05) is 191 Å². The number of aryl methyl sites for hydroxylation is 4. The molecule has 10 heterocycles. The molecule has 5 fully saturated rings. The van der Waals surface area contributed by atoms with Crippen LogP contribution in [0.25, 0.3) is 111 Å². The van der Waals surface area contributed by atoms with Crippen molar-refractivity contribution in [2.24, 2.45) is 0 Å². The summed E-state index contributed by atoms with van der Waals surface area (Å²) in [5.41, 5.74) is 12.0. The van der Waals surface area contributed by atoms with E-state index in [1.54, 1.807) is 36.4 Å². The minimum Gasteiger partial charge on any atom is -0.507 e. The quantitative estimate of drug-likeness (QED) is 0.0454. The minimum absolute atomic E-state index is 0.198. The molecular weight excluding hydrogens is 1530 g/mol. The summed E-state index contributed by atoms with van der Waals surface area (Å²) < 4.78 is 0. The minimum atomic E-state index is 0.198. The summed E-state index contributed by atoms with van der Waals surface area (Å²) in [6.07, 6.45) is 5.44. The maximum absolute atomic E-state index is 10.3. The van der Waals surface area contributed by atoms with E-state index in [9.17, 15) is 25.5 Å². The highest BCUT2D eigenvalue weighted by Crippen LogP contribution is 2.39. The highest BCUT2D eigenvalue weighted by molar-refractivity contribution is 5.96. The summed E-state index contributed by atoms with van der Waals surface area (Å²) in [4.78, 5) is 54.0. The van der Waals surface area contributed by atoms with Crippen molar-refractivity contribution in [1.82, 2.24) is 76.4 Å². The molecule has 5 aliphatic rings. The molecule has 25 heteroatoms. The van der Waals surface area contributed by atoms with E-state index in [-0.39, 0.29) is 28.7 Å². The van der Waals surface area contributed by atoms with Crippen LogP contribution in [-0.2, 0) is 0 Å². The Hall–Kier alpha value is -13.3. The zero-order valence-corrected chi connectivity index (χ0v) is 69.8. The average molecular weight is 1630 g/mol. The Balaban J connectivity index is 0.000000113. The zero-order chi connectivity index (χ0) is 84.3. The second-order valence-corrected chi connectivity index (χ2v) is 32.0. The van der Waals surface area contributed by atoms with Crippen LogP contribution in [0.4, 0.5) is 29.1 Å². The summed E-state index contributed by atoms with van der Waals surface area (Å²) in [5.74, 6) is 8.16. The number of anilines is 5. The number of rotatable bonds is 15. The van der Waals surface area contributed by atoms with E-state index >= 15 is 0 Å². The van der Waals surface area contributed by atoms with Crippen LogP contribution >= 0.6 is 0 Å². The molecule has 622 valence electrons. The third kappa shape index (κ3) is 18.8. The van der Waals surface area contributed by atoms with E-state index in [4.69, 9.17) is 34.9 Å². The number of likely N-dealkylation sites (N-methyl/N-ethyl adjacent to an activating group) is 3. The molecule has 15 aromatic rings. The van der Waals surface area contributed by atoms with Gasteiger partial charge in [0.25, 0.3) is 0 Å². The standard InChI is InChI=1S/2C20H22N4O.3C19H20N4O/c2*1-13-7-8-18(25)16(11-13)19-22-17-6-4-3-5-15(17)20(23-19)24(2)14-9-10-21-12-14;1-23(13-10-11-20-12-13)19-14-6-2-4-8-16(14)21-18(22-19)15-7-3-5-9-17(15)24;2*1-12-6-7-17(24)15(10-12)19-22-16-5-3-2-4-14(16)18(23-19)21-13-8-9-20-11-13/h2*3-8,11,14,21,25H,9-10,12H2,1-2H3;2-9,13,20,24H,10-12H2,1H3;2*2-7,10,13,20,24H,8-9,11H2,1H3,(H,21,22,23)/t2*14-;3*13-/m00000/s1. The van der Waals surface area contributed by atoms with E-state index in [0.717, 1.165) is 203 Å². The van der Waals surface area contributed by atoms with Crippen LogP contribution in [-0.4, -0.2) is 192 Å². The van der Waals surface area contributed by atoms with Crippen molar-refractivity contribution >= 4 is 83.6 Å². The number of phenols is 5. The normalized spacial score (nSPS) is 17.2. The molecule has 5 aromatic heterocycles. The summed E-state index contributed by atoms with van der Waals surface area (Å²) in [5, 5.41) is 80.3. The van der Waals surface area contributed by atoms with E-state index in [1.165, 1.54) is 0 Å². The lowest BCUT2D eigenvalue weighted by Crippen LogP contribution is -2.34. The maximum atomic E-state index is 10.3. The van der Waals surface area contributed by atoms with Gasteiger partial charge in [0.05, 0.1) is 55.4 Å². The van der Waals surface area contributed by atoms with Crippen molar-refractivity contribution < 1.29 is 25.5 Å². The van der Waals surface area contributed by atoms with Gasteiger partial charge in [0.15, 0.2) is 29.1 Å². The third-order valence-electron chi connectivity index (χ3n) is 23.2. The second-order valence-electron chi connectivity index (χ2n) is 32.0. The number of nitrogens with zero attached hydrogens (tertiary/aromatic N) is 13. The number of benzene rings is 10. The first-order valence-corrected chi connectivity index (χ1v) is 42.0. The van der Waals surface area contributed by atoms with Crippen LogP contribution < -0.4 is 51.9 Å². The fraction of sp³-hybridized carbons (Fsp3) is 0.278. The largest absolute Gasteiger partial charge is 0.507 e. The fourth-order valence-electron chi connectivity index (χ4n) is 16.3. The van der Waals surface area contributed by atoms with Gasteiger partial charge >= 0.3 is 0 Å². The van der Waals surface area contributed by atoms with Crippen molar-refractivity contribution in [2.75, 3.05) is 112 Å². The number of hydrogen-bond donors (Lipinski definition) is 12. The Morgan fingerprint density at radius 1 is 0.270 bits per heavy atom. The lowest BCUT2D eigenvalue weighted by atomic mass is 10.1. The first-order chi connectivity index (χ1) is 59.4. The van der Waals surface area contributed by atoms with Gasteiger partial charge in [-0.2, -0.15) is 0 Å². The van der Waals surface area contributed by atoms with Gasteiger partial charge in [-0.1, -0.05) is 119 Å². The summed E-state index contributed by atoms with van der Waals surface area (Å²) in [6, 6.07) is 71.3. The Morgan fingerprint density at radius 2 is 0.525 bits per heavy atom. The molecule has 10 aromatic carbocycles. The smallest absolute Gasteiger partial charge is 0.165 e. The number of hydrogen-bond acceptors (Lipinski definition) is 25.